The molecule has 1 unspecified atom stereocenters. The average Bonchev–Trinajstić information content (AvgIpc) is 2.94. The molecule has 3 heterocycles. The van der Waals surface area contributed by atoms with Gasteiger partial charge >= 0.3 is 104 Å². The molecule has 1 aromatic rings. The van der Waals surface area contributed by atoms with Gasteiger partial charge in [0.25, 0.3) is 0 Å². The zero-order valence-corrected chi connectivity index (χ0v) is 10.7. The summed E-state index contributed by atoms with van der Waals surface area (Å²) in [5.41, 5.74) is 6.55. The van der Waals surface area contributed by atoms with Gasteiger partial charge in [0.2, 0.25) is 0 Å². The van der Waals surface area contributed by atoms with Crippen molar-refractivity contribution in [3.63, 3.8) is 0 Å². The van der Waals surface area contributed by atoms with Gasteiger partial charge in [0, 0.05) is 0 Å². The monoisotopic (exact) mass is 303 g/mol. The van der Waals surface area contributed by atoms with E-state index in [0.29, 0.717) is 15.0 Å². The molecule has 0 bridgehead atoms. The molecule has 92 valence electrons. The van der Waals surface area contributed by atoms with E-state index in [4.69, 9.17) is 15.6 Å². The molecular formula is C9H13N5O2Se. The van der Waals surface area contributed by atoms with Gasteiger partial charge in [-0.2, -0.15) is 0 Å². The van der Waals surface area contributed by atoms with Crippen molar-refractivity contribution in [1.82, 2.24) is 9.55 Å². The Hall–Kier alpha value is -0.921. The van der Waals surface area contributed by atoms with Crippen molar-refractivity contribution >= 4 is 27.1 Å². The number of fused-ring (bicyclic) bond motifs is 1. The first-order valence-corrected chi connectivity index (χ1v) is 7.48. The standard InChI is InChI=1S/C9H13N5O2Se/c10-8-7-9(12-3-11-8)14(4-13-7)5-2-17-6(1-15)16-5/h3-6,8,15H,1-2,10H2,(H,11,12)/t5-,6-,8?/m0/s1. The number of anilines is 1. The molecule has 0 spiro atoms. The molecule has 1 fully saturated rings. The fourth-order valence-electron chi connectivity index (χ4n) is 1.89. The van der Waals surface area contributed by atoms with Crippen LogP contribution in [-0.4, -0.2) is 47.6 Å². The molecule has 1 saturated heterocycles. The Kier molecular flexibility index (Phi) is 2.89. The van der Waals surface area contributed by atoms with Gasteiger partial charge in [0.1, 0.15) is 0 Å². The second-order valence-electron chi connectivity index (χ2n) is 3.79. The quantitative estimate of drug-likeness (QED) is 0.625. The van der Waals surface area contributed by atoms with Gasteiger partial charge in [-0.25, -0.2) is 0 Å². The maximum absolute atomic E-state index is 9.07. The molecule has 3 rings (SSSR count). The van der Waals surface area contributed by atoms with Gasteiger partial charge in [0.05, 0.1) is 0 Å². The van der Waals surface area contributed by atoms with Crippen LogP contribution in [0.2, 0.25) is 5.32 Å². The molecule has 3 atom stereocenters. The summed E-state index contributed by atoms with van der Waals surface area (Å²) in [6.45, 7) is 0.0851. The Bertz CT molecular complexity index is 449. The molecule has 0 saturated carbocycles. The third-order valence-electron chi connectivity index (χ3n) is 2.73. The predicted octanol–water partition coefficient (Wildman–Crippen LogP) is -0.736. The number of aliphatic hydroxyl groups excluding tert-OH is 1. The van der Waals surface area contributed by atoms with E-state index in [9.17, 15) is 0 Å². The van der Waals surface area contributed by atoms with Crippen molar-refractivity contribution < 1.29 is 9.84 Å². The molecule has 0 radical (unpaired) electrons. The summed E-state index contributed by atoms with van der Waals surface area (Å²) in [5, 5.41) is 13.0. The molecule has 0 aromatic carbocycles. The second kappa shape index (κ2) is 4.40. The van der Waals surface area contributed by atoms with Gasteiger partial charge < -0.3 is 0 Å². The zero-order valence-electron chi connectivity index (χ0n) is 8.98. The zero-order chi connectivity index (χ0) is 11.8. The minimum absolute atomic E-state index is 0.0171. The Morgan fingerprint density at radius 1 is 1.71 bits per heavy atom. The molecule has 0 amide bonds. The number of nitrogens with two attached hydrogens (primary N) is 1. The number of aliphatic hydroxyl groups is 1. The second-order valence-corrected chi connectivity index (χ2v) is 6.29. The van der Waals surface area contributed by atoms with Crippen LogP contribution < -0.4 is 11.1 Å². The number of hydrogen-bond acceptors (Lipinski definition) is 6. The van der Waals surface area contributed by atoms with Crippen LogP contribution in [0.5, 0.6) is 0 Å². The van der Waals surface area contributed by atoms with Gasteiger partial charge in [-0.15, -0.1) is 0 Å². The van der Waals surface area contributed by atoms with E-state index in [1.54, 1.807) is 12.7 Å². The van der Waals surface area contributed by atoms with Gasteiger partial charge in [-0.3, -0.25) is 0 Å². The Morgan fingerprint density at radius 3 is 3.35 bits per heavy atom. The molecule has 2 aliphatic rings. The van der Waals surface area contributed by atoms with Crippen LogP contribution in [0.4, 0.5) is 5.82 Å². The van der Waals surface area contributed by atoms with E-state index < -0.39 is 6.17 Å². The van der Waals surface area contributed by atoms with Crippen molar-refractivity contribution in [3.8, 4) is 0 Å². The fourth-order valence-corrected chi connectivity index (χ4v) is 3.85. The van der Waals surface area contributed by atoms with Crippen molar-refractivity contribution in [2.75, 3.05) is 11.9 Å². The van der Waals surface area contributed by atoms with Crippen LogP contribution in [0.1, 0.15) is 18.1 Å². The number of hydrogen-bond donors (Lipinski definition) is 3. The number of aromatic nitrogens is 2. The normalized spacial score (nSPS) is 31.3. The number of nitrogens with one attached hydrogen (secondary N) is 1. The topological polar surface area (TPSA) is 97.7 Å². The predicted molar refractivity (Wildman–Crippen MR) is 62.8 cm³/mol. The molecule has 4 N–H and O–H groups in total. The minimum atomic E-state index is -0.409. The van der Waals surface area contributed by atoms with Gasteiger partial charge in [0.15, 0.2) is 0 Å². The summed E-state index contributed by atoms with van der Waals surface area (Å²) in [6, 6.07) is 0. The summed E-state index contributed by atoms with van der Waals surface area (Å²) in [5.74, 6) is 0.840. The first-order chi connectivity index (χ1) is 8.29. The number of imidazole rings is 1. The van der Waals surface area contributed by atoms with Gasteiger partial charge in [-0.05, 0) is 0 Å². The van der Waals surface area contributed by atoms with Crippen LogP contribution in [0, 0.1) is 0 Å². The van der Waals surface area contributed by atoms with E-state index in [1.165, 1.54) is 0 Å². The van der Waals surface area contributed by atoms with Crippen molar-refractivity contribution in [3.05, 3.63) is 12.0 Å². The van der Waals surface area contributed by atoms with E-state index in [-0.39, 0.29) is 17.8 Å². The SMILES string of the molecule is NC1N=CNc2c1ncn2[C@@H]1C[Se][C@@H](CO)O1. The van der Waals surface area contributed by atoms with Crippen molar-refractivity contribution in [1.29, 1.82) is 0 Å². The Balaban J connectivity index is 1.86. The van der Waals surface area contributed by atoms with Crippen LogP contribution in [-0.2, 0) is 4.74 Å². The third kappa shape index (κ3) is 1.88. The maximum atomic E-state index is 9.07. The fraction of sp³-hybridized carbons (Fsp3) is 0.556. The first kappa shape index (κ1) is 11.2. The molecule has 2 aliphatic heterocycles. The van der Waals surface area contributed by atoms with Crippen molar-refractivity contribution in [2.24, 2.45) is 10.7 Å². The number of aliphatic imine (C=N–C) groups is 1. The van der Waals surface area contributed by atoms with Crippen LogP contribution in [0.25, 0.3) is 0 Å². The molecule has 1 aromatic heterocycles. The summed E-state index contributed by atoms with van der Waals surface area (Å²) in [6.07, 6.45) is 2.82. The molecule has 17 heavy (non-hydrogen) atoms. The number of nitrogens with zero attached hydrogens (tertiary/aromatic N) is 3. The first-order valence-electron chi connectivity index (χ1n) is 5.28. The van der Waals surface area contributed by atoms with Crippen molar-refractivity contribution in [2.45, 2.75) is 22.7 Å². The van der Waals surface area contributed by atoms with E-state index in [1.807, 2.05) is 4.57 Å². The van der Waals surface area contributed by atoms with Crippen LogP contribution in [0.3, 0.4) is 0 Å². The van der Waals surface area contributed by atoms with E-state index >= 15 is 0 Å². The van der Waals surface area contributed by atoms with E-state index in [0.717, 1.165) is 16.8 Å². The molecule has 7 nitrogen and oxygen atoms in total. The number of ether oxygens (including phenoxy) is 1. The van der Waals surface area contributed by atoms with Crippen LogP contribution >= 0.6 is 0 Å². The summed E-state index contributed by atoms with van der Waals surface area (Å²) in [4.78, 5) is 8.29. The number of rotatable bonds is 2. The third-order valence-corrected chi connectivity index (χ3v) is 5.06. The Morgan fingerprint density at radius 2 is 2.59 bits per heavy atom. The summed E-state index contributed by atoms with van der Waals surface area (Å²) in [7, 11) is 0. The summed E-state index contributed by atoms with van der Waals surface area (Å²) >= 11 is 0.307. The van der Waals surface area contributed by atoms with E-state index in [2.05, 4.69) is 15.3 Å². The molecular weight excluding hydrogens is 289 g/mol. The average molecular weight is 302 g/mol. The van der Waals surface area contributed by atoms with Crippen LogP contribution in [0.15, 0.2) is 11.3 Å². The molecule has 0 aliphatic carbocycles. The summed E-state index contributed by atoms with van der Waals surface area (Å²) < 4.78 is 7.66. The molecule has 8 heteroatoms. The Labute approximate surface area is 104 Å². The van der Waals surface area contributed by atoms with Gasteiger partial charge in [-0.1, -0.05) is 0 Å².